The van der Waals surface area contributed by atoms with Gasteiger partial charge in [0.25, 0.3) is 5.91 Å². The Bertz CT molecular complexity index is 709. The van der Waals surface area contributed by atoms with E-state index in [1.165, 1.54) is 0 Å². The highest BCUT2D eigenvalue weighted by Crippen LogP contribution is 2.28. The monoisotopic (exact) mass is 314 g/mol. The van der Waals surface area contributed by atoms with E-state index < -0.39 is 0 Å². The maximum Gasteiger partial charge on any atom is 0.274 e. The fourth-order valence-corrected chi connectivity index (χ4v) is 2.46. The van der Waals surface area contributed by atoms with Crippen LogP contribution in [0.2, 0.25) is 0 Å². The highest BCUT2D eigenvalue weighted by atomic mass is 16.5. The highest BCUT2D eigenvalue weighted by molar-refractivity contribution is 5.93. The molecular weight excluding hydrogens is 296 g/mol. The molecule has 1 N–H and O–H groups in total. The van der Waals surface area contributed by atoms with Gasteiger partial charge in [-0.25, -0.2) is 4.68 Å². The maximum atomic E-state index is 12.0. The number of hydrogen-bond acceptors (Lipinski definition) is 5. The molecule has 0 radical (unpaired) electrons. The number of fused-ring (bicyclic) bond motifs is 1. The Balaban J connectivity index is 1.75. The van der Waals surface area contributed by atoms with Gasteiger partial charge in [-0.05, 0) is 17.7 Å². The van der Waals surface area contributed by atoms with Crippen LogP contribution in [0.4, 0.5) is 0 Å². The molecular formula is C16H18N4O3. The molecule has 2 heterocycles. The molecule has 0 bridgehead atoms. The molecule has 1 atom stereocenters. The van der Waals surface area contributed by atoms with E-state index >= 15 is 0 Å². The molecule has 1 aliphatic heterocycles. The smallest absolute Gasteiger partial charge is 0.274 e. The van der Waals surface area contributed by atoms with Gasteiger partial charge in [-0.1, -0.05) is 23.4 Å². The summed E-state index contributed by atoms with van der Waals surface area (Å²) in [5.41, 5.74) is 2.03. The number of benzene rings is 1. The van der Waals surface area contributed by atoms with Gasteiger partial charge in [0.15, 0.2) is 5.69 Å². The molecule has 0 fully saturated rings. The normalized spacial score (nSPS) is 16.5. The number of hydrogen-bond donors (Lipinski definition) is 1. The summed E-state index contributed by atoms with van der Waals surface area (Å²) in [6.45, 7) is 4.77. The lowest BCUT2D eigenvalue weighted by molar-refractivity contribution is -0.00178. The van der Waals surface area contributed by atoms with E-state index in [2.05, 4.69) is 22.2 Å². The Kier molecular flexibility index (Phi) is 4.38. The van der Waals surface area contributed by atoms with Crippen LogP contribution >= 0.6 is 0 Å². The second-order valence-electron chi connectivity index (χ2n) is 5.14. The van der Waals surface area contributed by atoms with Crippen molar-refractivity contribution in [3.63, 3.8) is 0 Å². The second-order valence-corrected chi connectivity index (χ2v) is 5.14. The van der Waals surface area contributed by atoms with E-state index in [9.17, 15) is 4.79 Å². The molecule has 1 aliphatic rings. The maximum absolute atomic E-state index is 12.0. The SMILES string of the molecule is C=CCNC(=O)c1nnn2c1COC(c1ccc(OC)cc1)C2. The molecule has 1 unspecified atom stereocenters. The summed E-state index contributed by atoms with van der Waals surface area (Å²) in [7, 11) is 1.63. The third-order valence-corrected chi connectivity index (χ3v) is 3.71. The Labute approximate surface area is 133 Å². The molecule has 1 aromatic heterocycles. The Morgan fingerprint density at radius 1 is 1.52 bits per heavy atom. The molecule has 3 rings (SSSR count). The molecule has 7 heteroatoms. The third kappa shape index (κ3) is 3.09. The van der Waals surface area contributed by atoms with Crippen LogP contribution in [-0.4, -0.2) is 34.6 Å². The van der Waals surface area contributed by atoms with Crippen molar-refractivity contribution in [2.24, 2.45) is 0 Å². The standard InChI is InChI=1S/C16H18N4O3/c1-3-8-17-16(21)15-13-10-23-14(9-20(13)19-18-15)11-4-6-12(22-2)7-5-11/h3-7,14H,1,8-10H2,2H3,(H,17,21). The number of rotatable bonds is 5. The highest BCUT2D eigenvalue weighted by Gasteiger charge is 2.27. The van der Waals surface area contributed by atoms with Gasteiger partial charge in [0.1, 0.15) is 11.9 Å². The minimum Gasteiger partial charge on any atom is -0.497 e. The van der Waals surface area contributed by atoms with E-state index in [1.54, 1.807) is 17.9 Å². The number of nitrogens with zero attached hydrogens (tertiary/aromatic N) is 3. The fourth-order valence-electron chi connectivity index (χ4n) is 2.46. The Morgan fingerprint density at radius 3 is 3.00 bits per heavy atom. The zero-order chi connectivity index (χ0) is 16.2. The van der Waals surface area contributed by atoms with Gasteiger partial charge in [-0.2, -0.15) is 0 Å². The van der Waals surface area contributed by atoms with Crippen molar-refractivity contribution in [2.45, 2.75) is 19.3 Å². The molecule has 0 spiro atoms. The van der Waals surface area contributed by atoms with Crippen LogP contribution in [0.1, 0.15) is 27.8 Å². The number of carbonyl (C=O) groups is 1. The minimum atomic E-state index is -0.266. The molecule has 2 aromatic rings. The first-order valence-corrected chi connectivity index (χ1v) is 7.30. The first kappa shape index (κ1) is 15.2. The fraction of sp³-hybridized carbons (Fsp3) is 0.312. The molecule has 1 amide bonds. The number of methoxy groups -OCH3 is 1. The van der Waals surface area contributed by atoms with Crippen molar-refractivity contribution < 1.29 is 14.3 Å². The van der Waals surface area contributed by atoms with E-state index in [0.717, 1.165) is 11.3 Å². The van der Waals surface area contributed by atoms with Crippen molar-refractivity contribution in [3.8, 4) is 5.75 Å². The first-order chi connectivity index (χ1) is 11.2. The van der Waals surface area contributed by atoms with Crippen LogP contribution in [-0.2, 0) is 17.9 Å². The van der Waals surface area contributed by atoms with Crippen molar-refractivity contribution in [3.05, 3.63) is 53.9 Å². The summed E-state index contributed by atoms with van der Waals surface area (Å²) >= 11 is 0. The van der Waals surface area contributed by atoms with Gasteiger partial charge < -0.3 is 14.8 Å². The summed E-state index contributed by atoms with van der Waals surface area (Å²) in [6, 6.07) is 7.71. The van der Waals surface area contributed by atoms with Gasteiger partial charge >= 0.3 is 0 Å². The molecule has 0 aliphatic carbocycles. The van der Waals surface area contributed by atoms with Gasteiger partial charge in [-0.3, -0.25) is 4.79 Å². The van der Waals surface area contributed by atoms with Gasteiger partial charge in [0, 0.05) is 6.54 Å². The zero-order valence-electron chi connectivity index (χ0n) is 12.9. The molecule has 1 aromatic carbocycles. The van der Waals surface area contributed by atoms with Crippen LogP contribution in [0.3, 0.4) is 0 Å². The summed E-state index contributed by atoms with van der Waals surface area (Å²) in [5.74, 6) is 0.532. The van der Waals surface area contributed by atoms with Crippen molar-refractivity contribution in [1.82, 2.24) is 20.3 Å². The number of amides is 1. The number of aromatic nitrogens is 3. The number of carbonyl (C=O) groups excluding carboxylic acids is 1. The summed E-state index contributed by atoms with van der Waals surface area (Å²) < 4.78 is 12.8. The largest absolute Gasteiger partial charge is 0.497 e. The lowest BCUT2D eigenvalue weighted by Crippen LogP contribution is -2.27. The van der Waals surface area contributed by atoms with Crippen LogP contribution in [0.25, 0.3) is 0 Å². The summed E-state index contributed by atoms with van der Waals surface area (Å²) in [6.07, 6.45) is 1.49. The van der Waals surface area contributed by atoms with Gasteiger partial charge in [-0.15, -0.1) is 11.7 Å². The predicted molar refractivity (Wildman–Crippen MR) is 83.1 cm³/mol. The van der Waals surface area contributed by atoms with Crippen LogP contribution in [0.5, 0.6) is 5.75 Å². The van der Waals surface area contributed by atoms with Crippen LogP contribution in [0, 0.1) is 0 Å². The first-order valence-electron chi connectivity index (χ1n) is 7.30. The van der Waals surface area contributed by atoms with Crippen molar-refractivity contribution >= 4 is 5.91 Å². The zero-order valence-corrected chi connectivity index (χ0v) is 12.9. The van der Waals surface area contributed by atoms with Crippen molar-refractivity contribution in [1.29, 1.82) is 0 Å². The topological polar surface area (TPSA) is 78.3 Å². The molecule has 7 nitrogen and oxygen atoms in total. The molecule has 0 saturated heterocycles. The number of nitrogens with one attached hydrogen (secondary N) is 1. The van der Waals surface area contributed by atoms with Crippen LogP contribution < -0.4 is 10.1 Å². The lowest BCUT2D eigenvalue weighted by atomic mass is 10.1. The minimum absolute atomic E-state index is 0.126. The lowest BCUT2D eigenvalue weighted by Gasteiger charge is -2.24. The van der Waals surface area contributed by atoms with E-state index in [0.29, 0.717) is 31.1 Å². The Morgan fingerprint density at radius 2 is 2.30 bits per heavy atom. The molecule has 23 heavy (non-hydrogen) atoms. The third-order valence-electron chi connectivity index (χ3n) is 3.71. The average Bonchev–Trinajstić information content (AvgIpc) is 3.03. The molecule has 0 saturated carbocycles. The van der Waals surface area contributed by atoms with Crippen LogP contribution in [0.15, 0.2) is 36.9 Å². The van der Waals surface area contributed by atoms with Gasteiger partial charge in [0.05, 0.1) is 26.0 Å². The predicted octanol–water partition coefficient (Wildman–Crippen LogP) is 1.47. The van der Waals surface area contributed by atoms with E-state index in [1.807, 2.05) is 24.3 Å². The van der Waals surface area contributed by atoms with E-state index in [4.69, 9.17) is 9.47 Å². The quantitative estimate of drug-likeness (QED) is 0.846. The molecule has 120 valence electrons. The average molecular weight is 314 g/mol. The van der Waals surface area contributed by atoms with Gasteiger partial charge in [0.2, 0.25) is 0 Å². The van der Waals surface area contributed by atoms with Crippen molar-refractivity contribution in [2.75, 3.05) is 13.7 Å². The Hall–Kier alpha value is -2.67. The van der Waals surface area contributed by atoms with E-state index in [-0.39, 0.29) is 12.0 Å². The summed E-state index contributed by atoms with van der Waals surface area (Å²) in [5, 5.41) is 10.7. The second kappa shape index (κ2) is 6.62. The summed E-state index contributed by atoms with van der Waals surface area (Å²) in [4.78, 5) is 12.0. The number of ether oxygens (including phenoxy) is 2.